The molecule has 1 heterocycles. The minimum atomic E-state index is -4.15. The van der Waals surface area contributed by atoms with Gasteiger partial charge in [-0.15, -0.1) is 0 Å². The second-order valence-corrected chi connectivity index (χ2v) is 12.2. The molecule has 0 bridgehead atoms. The van der Waals surface area contributed by atoms with Crippen LogP contribution in [0.1, 0.15) is 53.0 Å². The highest BCUT2D eigenvalue weighted by Gasteiger charge is 2.40. The molecule has 1 atom stereocenters. The molecular formula is C29H40N2O9S. The van der Waals surface area contributed by atoms with Gasteiger partial charge in [0.05, 0.1) is 26.0 Å². The van der Waals surface area contributed by atoms with E-state index in [0.717, 1.165) is 9.87 Å². The number of hydrogen-bond donors (Lipinski definition) is 1. The molecule has 226 valence electrons. The lowest BCUT2D eigenvalue weighted by molar-refractivity contribution is -0.160. The summed E-state index contributed by atoms with van der Waals surface area (Å²) in [5.41, 5.74) is 0.329. The Kier molecular flexibility index (Phi) is 10.9. The first-order valence-electron chi connectivity index (χ1n) is 13.6. The van der Waals surface area contributed by atoms with Gasteiger partial charge in [0.25, 0.3) is 0 Å². The summed E-state index contributed by atoms with van der Waals surface area (Å²) in [4.78, 5) is 25.0. The zero-order valence-electron chi connectivity index (χ0n) is 24.5. The maximum absolute atomic E-state index is 13.8. The average Bonchev–Trinajstić information content (AvgIpc) is 3.02. The average molecular weight is 593 g/mol. The minimum Gasteiger partial charge on any atom is -0.494 e. The number of benzene rings is 2. The van der Waals surface area contributed by atoms with Crippen LogP contribution in [-0.2, 0) is 35.7 Å². The number of esters is 2. The molecule has 2 aromatic carbocycles. The maximum atomic E-state index is 13.8. The summed E-state index contributed by atoms with van der Waals surface area (Å²) in [6, 6.07) is 8.95. The van der Waals surface area contributed by atoms with Crippen LogP contribution in [0.2, 0.25) is 0 Å². The lowest BCUT2D eigenvalue weighted by atomic mass is 10.1. The van der Waals surface area contributed by atoms with Gasteiger partial charge in [0, 0.05) is 31.6 Å². The van der Waals surface area contributed by atoms with E-state index in [1.807, 2.05) is 32.0 Å². The molecule has 0 aromatic heterocycles. The number of sulfonamides is 1. The molecule has 1 aliphatic heterocycles. The van der Waals surface area contributed by atoms with Crippen molar-refractivity contribution in [1.29, 1.82) is 0 Å². The zero-order valence-corrected chi connectivity index (χ0v) is 25.3. The summed E-state index contributed by atoms with van der Waals surface area (Å²) < 4.78 is 56.2. The summed E-state index contributed by atoms with van der Waals surface area (Å²) in [5, 5.41) is 3.13. The Bertz CT molecular complexity index is 1300. The van der Waals surface area contributed by atoms with Gasteiger partial charge in [0.2, 0.25) is 10.0 Å². The van der Waals surface area contributed by atoms with Crippen LogP contribution in [0.4, 0.5) is 5.69 Å². The quantitative estimate of drug-likeness (QED) is 0.359. The van der Waals surface area contributed by atoms with Crippen LogP contribution in [0, 0.1) is 0 Å². The molecule has 2 aromatic rings. The van der Waals surface area contributed by atoms with E-state index in [0.29, 0.717) is 36.1 Å². The second kappa shape index (κ2) is 13.9. The van der Waals surface area contributed by atoms with Gasteiger partial charge in [0.1, 0.15) is 40.4 Å². The smallest absolute Gasteiger partial charge is 0.324 e. The number of hydrogen-bond acceptors (Lipinski definition) is 10. The Balaban J connectivity index is 1.86. The van der Waals surface area contributed by atoms with E-state index < -0.39 is 33.6 Å². The van der Waals surface area contributed by atoms with Crippen LogP contribution in [-0.4, -0.2) is 69.7 Å². The highest BCUT2D eigenvalue weighted by molar-refractivity contribution is 7.89. The van der Waals surface area contributed by atoms with Gasteiger partial charge in [-0.3, -0.25) is 9.59 Å². The number of methoxy groups -OCH3 is 1. The van der Waals surface area contributed by atoms with Crippen LogP contribution >= 0.6 is 0 Å². The Morgan fingerprint density at radius 3 is 2.22 bits per heavy atom. The van der Waals surface area contributed by atoms with Gasteiger partial charge in [0.15, 0.2) is 0 Å². The van der Waals surface area contributed by atoms with Crippen LogP contribution in [0.15, 0.2) is 41.3 Å². The second-order valence-electron chi connectivity index (χ2n) is 10.3. The van der Waals surface area contributed by atoms with E-state index >= 15 is 0 Å². The molecule has 1 aliphatic rings. The Labute approximate surface area is 242 Å². The van der Waals surface area contributed by atoms with Crippen molar-refractivity contribution in [2.45, 2.75) is 70.6 Å². The molecule has 12 heteroatoms. The number of nitrogens with zero attached hydrogens (tertiary/aromatic N) is 1. The first-order chi connectivity index (χ1) is 19.4. The third kappa shape index (κ3) is 8.74. The number of ether oxygens (including phenoxy) is 5. The SMILES string of the molecule is CCOc1cc(COc2ccc3c(c2)NCCN([C@H](CCC(=O)OC)C(=O)OC(C)(C)C)S3(=O)=O)cc(OCC)c1. The van der Waals surface area contributed by atoms with Crippen molar-refractivity contribution >= 4 is 27.6 Å². The third-order valence-corrected chi connectivity index (χ3v) is 8.00. The van der Waals surface area contributed by atoms with E-state index in [-0.39, 0.29) is 37.4 Å². The summed E-state index contributed by atoms with van der Waals surface area (Å²) in [5.74, 6) is 0.506. The highest BCUT2D eigenvalue weighted by Crippen LogP contribution is 2.34. The molecule has 0 fully saturated rings. The molecule has 0 spiro atoms. The van der Waals surface area contributed by atoms with E-state index in [2.05, 4.69) is 5.32 Å². The van der Waals surface area contributed by atoms with Crippen molar-refractivity contribution in [3.8, 4) is 17.2 Å². The molecular weight excluding hydrogens is 552 g/mol. The van der Waals surface area contributed by atoms with Gasteiger partial charge >= 0.3 is 11.9 Å². The standard InChI is InChI=1S/C29H40N2O9S/c1-7-37-22-15-20(16-23(17-22)38-8-2)19-39-21-9-11-26-24(18-21)30-13-14-31(41(26,34)35)25(10-12-27(32)36-6)28(33)40-29(3,4)5/h9,11,15-18,25,30H,7-8,10,12-14,19H2,1-6H3/t25-/m1/s1. The predicted octanol–water partition coefficient (Wildman–Crippen LogP) is 4.14. The fraction of sp³-hybridized carbons (Fsp3) is 0.517. The lowest BCUT2D eigenvalue weighted by Crippen LogP contribution is -2.48. The van der Waals surface area contributed by atoms with Crippen molar-refractivity contribution < 1.29 is 41.7 Å². The number of nitrogens with one attached hydrogen (secondary N) is 1. The first-order valence-corrected chi connectivity index (χ1v) is 15.0. The van der Waals surface area contributed by atoms with Crippen molar-refractivity contribution in [3.05, 3.63) is 42.0 Å². The summed E-state index contributed by atoms with van der Waals surface area (Å²) in [6.45, 7) is 10.3. The van der Waals surface area contributed by atoms with Gasteiger partial charge in [-0.1, -0.05) is 0 Å². The fourth-order valence-corrected chi connectivity index (χ4v) is 6.08. The van der Waals surface area contributed by atoms with E-state index in [4.69, 9.17) is 23.7 Å². The Morgan fingerprint density at radius 1 is 0.976 bits per heavy atom. The molecule has 0 unspecified atom stereocenters. The van der Waals surface area contributed by atoms with Crippen molar-refractivity contribution in [2.75, 3.05) is 38.7 Å². The molecule has 0 aliphatic carbocycles. The summed E-state index contributed by atoms with van der Waals surface area (Å²) >= 11 is 0. The number of fused-ring (bicyclic) bond motifs is 1. The number of anilines is 1. The third-order valence-electron chi connectivity index (χ3n) is 6.03. The molecule has 0 amide bonds. The van der Waals surface area contributed by atoms with Crippen LogP contribution in [0.25, 0.3) is 0 Å². The molecule has 1 N–H and O–H groups in total. The van der Waals surface area contributed by atoms with Crippen molar-refractivity contribution in [3.63, 3.8) is 0 Å². The number of carbonyl (C=O) groups excluding carboxylic acids is 2. The molecule has 0 saturated heterocycles. The van der Waals surface area contributed by atoms with Gasteiger partial charge in [-0.25, -0.2) is 8.42 Å². The summed E-state index contributed by atoms with van der Waals surface area (Å²) in [7, 11) is -2.92. The molecule has 11 nitrogen and oxygen atoms in total. The Hall–Kier alpha value is -3.51. The summed E-state index contributed by atoms with van der Waals surface area (Å²) in [6.07, 6.45) is -0.225. The highest BCUT2D eigenvalue weighted by atomic mass is 32.2. The topological polar surface area (TPSA) is 130 Å². The normalized spacial score (nSPS) is 15.5. The molecule has 0 saturated carbocycles. The lowest BCUT2D eigenvalue weighted by Gasteiger charge is -2.30. The van der Waals surface area contributed by atoms with Gasteiger partial charge in [-0.2, -0.15) is 4.31 Å². The fourth-order valence-electron chi connectivity index (χ4n) is 4.32. The van der Waals surface area contributed by atoms with E-state index in [1.165, 1.54) is 13.2 Å². The Morgan fingerprint density at radius 2 is 1.63 bits per heavy atom. The van der Waals surface area contributed by atoms with Crippen LogP contribution in [0.3, 0.4) is 0 Å². The molecule has 3 rings (SSSR count). The minimum absolute atomic E-state index is 0.00838. The van der Waals surface area contributed by atoms with Crippen LogP contribution in [0.5, 0.6) is 17.2 Å². The molecule has 41 heavy (non-hydrogen) atoms. The zero-order chi connectivity index (χ0) is 30.2. The van der Waals surface area contributed by atoms with Gasteiger partial charge < -0.3 is 29.0 Å². The predicted molar refractivity (Wildman–Crippen MR) is 153 cm³/mol. The van der Waals surface area contributed by atoms with Crippen molar-refractivity contribution in [2.24, 2.45) is 0 Å². The van der Waals surface area contributed by atoms with E-state index in [1.54, 1.807) is 32.9 Å². The largest absolute Gasteiger partial charge is 0.494 e. The van der Waals surface area contributed by atoms with Gasteiger partial charge in [-0.05, 0) is 70.9 Å². The van der Waals surface area contributed by atoms with Crippen molar-refractivity contribution in [1.82, 2.24) is 4.31 Å². The first kappa shape index (κ1) is 32.0. The number of rotatable bonds is 12. The van der Waals surface area contributed by atoms with Crippen LogP contribution < -0.4 is 19.5 Å². The van der Waals surface area contributed by atoms with E-state index in [9.17, 15) is 18.0 Å². The number of carbonyl (C=O) groups is 2. The maximum Gasteiger partial charge on any atom is 0.324 e. The monoisotopic (exact) mass is 592 g/mol. The molecule has 0 radical (unpaired) electrons.